The summed E-state index contributed by atoms with van der Waals surface area (Å²) in [6.45, 7) is 0.934. The van der Waals surface area contributed by atoms with E-state index in [2.05, 4.69) is 10.3 Å². The van der Waals surface area contributed by atoms with Crippen LogP contribution in [-0.2, 0) is 14.6 Å². The van der Waals surface area contributed by atoms with Gasteiger partial charge in [-0.25, -0.2) is 12.8 Å². The van der Waals surface area contributed by atoms with Crippen molar-refractivity contribution in [2.45, 2.75) is 16.3 Å². The summed E-state index contributed by atoms with van der Waals surface area (Å²) in [4.78, 5) is 4.15. The van der Waals surface area contributed by atoms with Crippen molar-refractivity contribution in [2.24, 2.45) is 0 Å². The highest BCUT2D eigenvalue weighted by molar-refractivity contribution is 7.91. The maximum Gasteiger partial charge on any atom is 0.233 e. The van der Waals surface area contributed by atoms with Gasteiger partial charge in [-0.2, -0.15) is 4.98 Å². The third-order valence-electron chi connectivity index (χ3n) is 4.12. The van der Waals surface area contributed by atoms with Gasteiger partial charge in [-0.1, -0.05) is 0 Å². The number of aromatic nitrogens is 1. The average Bonchev–Trinajstić information content (AvgIpc) is 3.17. The topological polar surface area (TPSA) is 90.7 Å². The van der Waals surface area contributed by atoms with Crippen LogP contribution >= 0.6 is 0 Å². The zero-order chi connectivity index (χ0) is 20.9. The third-order valence-corrected chi connectivity index (χ3v) is 5.80. The number of nitrogens with zero attached hydrogens (tertiary/aromatic N) is 1. The number of methoxy groups -OCH3 is 2. The molecule has 0 aliphatic carbocycles. The molecule has 1 aromatic heterocycles. The first kappa shape index (κ1) is 20.8. The van der Waals surface area contributed by atoms with Gasteiger partial charge in [-0.05, 0) is 55.0 Å². The number of hydrogen-bond acceptors (Lipinski definition) is 7. The normalized spacial score (nSPS) is 11.4. The first-order valence-electron chi connectivity index (χ1n) is 8.84. The smallest absolute Gasteiger partial charge is 0.233 e. The van der Waals surface area contributed by atoms with E-state index >= 15 is 0 Å². The van der Waals surface area contributed by atoms with Crippen LogP contribution < -0.4 is 10.1 Å². The number of halogens is 1. The molecule has 154 valence electrons. The molecule has 0 amide bonds. The lowest BCUT2D eigenvalue weighted by Gasteiger charge is -2.06. The van der Waals surface area contributed by atoms with E-state index < -0.39 is 15.7 Å². The first-order chi connectivity index (χ1) is 14.0. The number of sulfone groups is 1. The maximum absolute atomic E-state index is 13.2. The van der Waals surface area contributed by atoms with Crippen molar-refractivity contribution in [1.29, 1.82) is 0 Å². The highest BCUT2D eigenvalue weighted by atomic mass is 32.2. The molecule has 0 unspecified atom stereocenters. The Labute approximate surface area is 168 Å². The van der Waals surface area contributed by atoms with Crippen LogP contribution in [-0.4, -0.2) is 40.8 Å². The molecule has 3 rings (SSSR count). The van der Waals surface area contributed by atoms with E-state index in [9.17, 15) is 12.8 Å². The molecule has 2 aromatic carbocycles. The number of benzene rings is 2. The molecular formula is C20H21FN2O5S. The zero-order valence-corrected chi connectivity index (χ0v) is 16.8. The van der Waals surface area contributed by atoms with Crippen LogP contribution in [0.1, 0.15) is 6.42 Å². The van der Waals surface area contributed by atoms with Crippen molar-refractivity contribution in [3.05, 3.63) is 54.3 Å². The van der Waals surface area contributed by atoms with Gasteiger partial charge in [0.25, 0.3) is 0 Å². The van der Waals surface area contributed by atoms with Crippen LogP contribution in [0.2, 0.25) is 0 Å². The monoisotopic (exact) mass is 420 g/mol. The molecule has 0 bridgehead atoms. The van der Waals surface area contributed by atoms with Gasteiger partial charge in [0.2, 0.25) is 26.6 Å². The molecule has 7 nitrogen and oxygen atoms in total. The highest BCUT2D eigenvalue weighted by Crippen LogP contribution is 2.33. The van der Waals surface area contributed by atoms with Crippen molar-refractivity contribution >= 4 is 15.7 Å². The zero-order valence-electron chi connectivity index (χ0n) is 16.0. The minimum atomic E-state index is -4.02. The molecule has 0 spiro atoms. The van der Waals surface area contributed by atoms with E-state index in [1.54, 1.807) is 38.5 Å². The molecule has 0 fully saturated rings. The number of rotatable bonds is 9. The molecule has 1 N–H and O–H groups in total. The van der Waals surface area contributed by atoms with Crippen molar-refractivity contribution < 1.29 is 26.7 Å². The van der Waals surface area contributed by atoms with Crippen LogP contribution in [0.3, 0.4) is 0 Å². The fourth-order valence-electron chi connectivity index (χ4n) is 2.60. The number of nitrogens with one attached hydrogen (secondary N) is 1. The second kappa shape index (κ2) is 9.06. The van der Waals surface area contributed by atoms with Gasteiger partial charge < -0.3 is 19.2 Å². The van der Waals surface area contributed by atoms with E-state index in [0.717, 1.165) is 12.1 Å². The van der Waals surface area contributed by atoms with E-state index in [1.807, 2.05) is 0 Å². The van der Waals surface area contributed by atoms with E-state index in [1.165, 1.54) is 12.1 Å². The fraction of sp³-hybridized carbons (Fsp3) is 0.250. The van der Waals surface area contributed by atoms with Gasteiger partial charge in [0.15, 0.2) is 0 Å². The molecule has 0 atom stereocenters. The van der Waals surface area contributed by atoms with Crippen LogP contribution in [0, 0.1) is 5.82 Å². The Kier molecular flexibility index (Phi) is 6.50. The average molecular weight is 420 g/mol. The Morgan fingerprint density at radius 3 is 2.38 bits per heavy atom. The second-order valence-corrected chi connectivity index (χ2v) is 7.98. The summed E-state index contributed by atoms with van der Waals surface area (Å²) in [7, 11) is -0.884. The third kappa shape index (κ3) is 4.75. The van der Waals surface area contributed by atoms with Crippen molar-refractivity contribution in [3.63, 3.8) is 0 Å². The molecule has 0 saturated carbocycles. The van der Waals surface area contributed by atoms with Gasteiger partial charge in [-0.3, -0.25) is 0 Å². The second-order valence-electron chi connectivity index (χ2n) is 6.11. The van der Waals surface area contributed by atoms with Gasteiger partial charge in [-0.15, -0.1) is 0 Å². The summed E-state index contributed by atoms with van der Waals surface area (Å²) in [5, 5.41) is 2.70. The molecule has 9 heteroatoms. The van der Waals surface area contributed by atoms with E-state index in [-0.39, 0.29) is 21.7 Å². The lowest BCUT2D eigenvalue weighted by molar-refractivity contribution is 0.197. The van der Waals surface area contributed by atoms with Crippen LogP contribution in [0.15, 0.2) is 62.9 Å². The molecule has 3 aromatic rings. The standard InChI is InChI=1S/C20H21FN2O5S/c1-26-13-3-12-22-19-20(29(24,25)17-10-6-15(21)7-11-17)23-18(28-19)14-4-8-16(27-2)9-5-14/h4-11,22H,3,12-13H2,1-2H3. The number of anilines is 1. The molecular weight excluding hydrogens is 399 g/mol. The van der Waals surface area contributed by atoms with Crippen molar-refractivity contribution in [1.82, 2.24) is 4.98 Å². The summed E-state index contributed by atoms with van der Waals surface area (Å²) in [6, 6.07) is 11.4. The Bertz CT molecular complexity index is 1050. The predicted molar refractivity (Wildman–Crippen MR) is 105 cm³/mol. The van der Waals surface area contributed by atoms with E-state index in [0.29, 0.717) is 30.9 Å². The molecule has 0 saturated heterocycles. The Balaban J connectivity index is 2.00. The minimum absolute atomic E-state index is 0.0243. The van der Waals surface area contributed by atoms with Crippen LogP contribution in [0.25, 0.3) is 11.5 Å². The van der Waals surface area contributed by atoms with Gasteiger partial charge >= 0.3 is 0 Å². The molecule has 0 aliphatic heterocycles. The quantitative estimate of drug-likeness (QED) is 0.416. The van der Waals surface area contributed by atoms with Crippen molar-refractivity contribution in [2.75, 3.05) is 32.7 Å². The van der Waals surface area contributed by atoms with Gasteiger partial charge in [0.05, 0.1) is 12.0 Å². The molecule has 1 heterocycles. The number of oxazole rings is 1. The van der Waals surface area contributed by atoms with Gasteiger partial charge in [0.1, 0.15) is 11.6 Å². The van der Waals surface area contributed by atoms with Crippen molar-refractivity contribution in [3.8, 4) is 17.2 Å². The predicted octanol–water partition coefficient (Wildman–Crippen LogP) is 3.77. The first-order valence-corrected chi connectivity index (χ1v) is 10.3. The summed E-state index contributed by atoms with van der Waals surface area (Å²) < 4.78 is 55.2. The van der Waals surface area contributed by atoms with Gasteiger partial charge in [0, 0.05) is 25.8 Å². The summed E-state index contributed by atoms with van der Waals surface area (Å²) in [5.41, 5.74) is 0.589. The largest absolute Gasteiger partial charge is 0.497 e. The summed E-state index contributed by atoms with van der Waals surface area (Å²) in [5.74, 6) is 0.289. The molecule has 0 radical (unpaired) electrons. The summed E-state index contributed by atoms with van der Waals surface area (Å²) in [6.07, 6.45) is 0.644. The van der Waals surface area contributed by atoms with Crippen LogP contribution in [0.4, 0.5) is 10.3 Å². The number of ether oxygens (including phenoxy) is 2. The van der Waals surface area contributed by atoms with Crippen LogP contribution in [0.5, 0.6) is 5.75 Å². The molecule has 0 aliphatic rings. The van der Waals surface area contributed by atoms with E-state index in [4.69, 9.17) is 13.9 Å². The lowest BCUT2D eigenvalue weighted by Crippen LogP contribution is -2.09. The Morgan fingerprint density at radius 2 is 1.76 bits per heavy atom. The fourth-order valence-corrected chi connectivity index (χ4v) is 3.88. The molecule has 29 heavy (non-hydrogen) atoms. The maximum atomic E-state index is 13.2. The summed E-state index contributed by atoms with van der Waals surface area (Å²) >= 11 is 0. The minimum Gasteiger partial charge on any atom is -0.497 e. The highest BCUT2D eigenvalue weighted by Gasteiger charge is 2.28. The SMILES string of the molecule is COCCCNc1oc(-c2ccc(OC)cc2)nc1S(=O)(=O)c1ccc(F)cc1. The Morgan fingerprint density at radius 1 is 1.07 bits per heavy atom. The lowest BCUT2D eigenvalue weighted by atomic mass is 10.2. The Hall–Kier alpha value is -2.91. The number of hydrogen-bond donors (Lipinski definition) is 1.